The van der Waals surface area contributed by atoms with Gasteiger partial charge in [-0.1, -0.05) is 431 Å². The Balaban J connectivity index is -0.000000213. The number of benzene rings is 11. The van der Waals surface area contributed by atoms with Crippen molar-refractivity contribution in [3.05, 3.63) is 380 Å². The molecule has 592 valence electrons. The van der Waals surface area contributed by atoms with Crippen molar-refractivity contribution in [3.8, 4) is 11.5 Å². The molecule has 0 fully saturated rings. The van der Waals surface area contributed by atoms with Gasteiger partial charge >= 0.3 is 0 Å². The van der Waals surface area contributed by atoms with E-state index in [4.69, 9.17) is 10.5 Å². The van der Waals surface area contributed by atoms with Gasteiger partial charge in [-0.25, -0.2) is 8.42 Å². The van der Waals surface area contributed by atoms with E-state index in [0.717, 1.165) is 45.0 Å². The fourth-order valence-electron chi connectivity index (χ4n) is 7.56. The number of nitrogen functional groups attached to an aromatic ring is 1. The van der Waals surface area contributed by atoms with E-state index in [1.165, 1.54) is 27.3 Å². The molecule has 0 saturated carbocycles. The Bertz CT molecular complexity index is 3590. The lowest BCUT2D eigenvalue weighted by Crippen LogP contribution is -2.01. The zero-order chi connectivity index (χ0) is 84.2. The van der Waals surface area contributed by atoms with Crippen molar-refractivity contribution in [1.29, 1.82) is 0 Å². The number of para-hydroxylation sites is 4. The second-order valence-electron chi connectivity index (χ2n) is 19.1. The Kier molecular flexibility index (Phi) is 86.9. The number of nitrogens with zero attached hydrogens (tertiary/aromatic N) is 2. The minimum atomic E-state index is -3.37. The number of carbonyl (C=O) groups excluding carboxylic acids is 1. The van der Waals surface area contributed by atoms with Crippen LogP contribution in [0, 0.1) is 27.7 Å². The Morgan fingerprint density at radius 1 is 0.266 bits per heavy atom. The van der Waals surface area contributed by atoms with Crippen LogP contribution in [0.25, 0.3) is 21.7 Å². The van der Waals surface area contributed by atoms with Gasteiger partial charge in [0.15, 0.2) is 5.78 Å². The Morgan fingerprint density at radius 2 is 0.505 bits per heavy atom. The summed E-state index contributed by atoms with van der Waals surface area (Å²) < 4.78 is 30.1. The molecule has 0 aliphatic heterocycles. The van der Waals surface area contributed by atoms with Crippen LogP contribution in [0.1, 0.15) is 204 Å². The van der Waals surface area contributed by atoms with Gasteiger partial charge in [-0.3, -0.25) is 14.8 Å². The molecule has 2 N–H and O–H groups in total. The van der Waals surface area contributed by atoms with Crippen LogP contribution in [0.5, 0.6) is 11.5 Å². The second kappa shape index (κ2) is 84.7. The smallest absolute Gasteiger partial charge is 0.206 e. The lowest BCUT2D eigenvalue weighted by atomic mass is 10.0. The van der Waals surface area contributed by atoms with Crippen molar-refractivity contribution in [2.24, 2.45) is 0 Å². The SMILES string of the molecule is CC.CC.CC.CC.CC.CC.CC.CC.CC.CC.CC.CC.Cc1ccc(C(=O)c2ccc(C)cc2)cc1.Cc1ccc(S(=O)(=O)c2ccc(C)cc2)cc1.Nc1ccccc1.c1ccc(Oc2ccccc2)cc1.c1ccc2ccccc2c1.c1ccc2ncccc2c1.c1ccccc1.c1ccncc1. The molecule has 13 rings (SSSR count). The summed E-state index contributed by atoms with van der Waals surface area (Å²) in [6.45, 7) is 55.9. The van der Waals surface area contributed by atoms with Gasteiger partial charge in [0.1, 0.15) is 11.5 Å². The highest BCUT2D eigenvalue weighted by Gasteiger charge is 2.16. The number of ether oxygens (including phenoxy) is 1. The number of carbonyl (C=O) groups is 1. The van der Waals surface area contributed by atoms with Crippen molar-refractivity contribution in [1.82, 2.24) is 9.97 Å². The number of aromatic nitrogens is 2. The normalized spacial score (nSPS) is 8.33. The summed E-state index contributed by atoms with van der Waals surface area (Å²) in [4.78, 5) is 20.7. The molecule has 0 bridgehead atoms. The van der Waals surface area contributed by atoms with Crippen LogP contribution in [0.3, 0.4) is 0 Å². The molecular weight excluding hydrogens is 1350 g/mol. The number of sulfone groups is 1. The molecule has 0 spiro atoms. The first-order valence-corrected chi connectivity index (χ1v) is 41.2. The van der Waals surface area contributed by atoms with Gasteiger partial charge in [-0.2, -0.15) is 0 Å². The minimum Gasteiger partial charge on any atom is -0.457 e. The summed E-state index contributed by atoms with van der Waals surface area (Å²) in [6, 6.07) is 105. The summed E-state index contributed by atoms with van der Waals surface area (Å²) in [6.07, 6.45) is 5.31. The third-order valence-corrected chi connectivity index (χ3v) is 14.0. The highest BCUT2D eigenvalue weighted by molar-refractivity contribution is 7.91. The summed E-state index contributed by atoms with van der Waals surface area (Å²) in [5, 5.41) is 3.82. The van der Waals surface area contributed by atoms with E-state index in [9.17, 15) is 13.2 Å². The lowest BCUT2D eigenvalue weighted by Gasteiger charge is -2.05. The number of hydrogen-bond acceptors (Lipinski definition) is 7. The highest BCUT2D eigenvalue weighted by atomic mass is 32.2. The maximum Gasteiger partial charge on any atom is 0.206 e. The Morgan fingerprint density at radius 3 is 0.761 bits per heavy atom. The Hall–Kier alpha value is -10.5. The number of aryl methyl sites for hydroxylation is 4. The van der Waals surface area contributed by atoms with Gasteiger partial charge in [-0.15, -0.1) is 0 Å². The fraction of sp³-hybridized carbons (Fsp3) is 0.277. The molecule has 0 aliphatic carbocycles. The molecule has 13 aromatic rings. The third-order valence-electron chi connectivity index (χ3n) is 12.2. The average molecular weight is 1500 g/mol. The molecule has 2 aromatic heterocycles. The zero-order valence-electron chi connectivity index (χ0n) is 72.4. The van der Waals surface area contributed by atoms with Gasteiger partial charge in [0, 0.05) is 40.8 Å². The van der Waals surface area contributed by atoms with Gasteiger partial charge < -0.3 is 10.5 Å². The molecule has 0 amide bonds. The summed E-state index contributed by atoms with van der Waals surface area (Å²) >= 11 is 0. The Labute approximate surface area is 667 Å². The predicted molar refractivity (Wildman–Crippen MR) is 490 cm³/mol. The van der Waals surface area contributed by atoms with Crippen LogP contribution in [0.2, 0.25) is 0 Å². The molecular formula is C101H143N3O4S. The predicted octanol–water partition coefficient (Wildman–Crippen LogP) is 31.6. The van der Waals surface area contributed by atoms with Crippen LogP contribution in [0.15, 0.2) is 356 Å². The molecule has 0 unspecified atom stereocenters. The van der Waals surface area contributed by atoms with Gasteiger partial charge in [0.25, 0.3) is 0 Å². The molecule has 109 heavy (non-hydrogen) atoms. The van der Waals surface area contributed by atoms with Crippen molar-refractivity contribution < 1.29 is 17.9 Å². The van der Waals surface area contributed by atoms with E-state index < -0.39 is 9.84 Å². The number of hydrogen-bond donors (Lipinski definition) is 1. The van der Waals surface area contributed by atoms with Crippen molar-refractivity contribution in [2.75, 3.05) is 5.73 Å². The maximum absolute atomic E-state index is 12.3. The second-order valence-corrected chi connectivity index (χ2v) is 21.0. The lowest BCUT2D eigenvalue weighted by molar-refractivity contribution is 0.103. The van der Waals surface area contributed by atoms with Crippen molar-refractivity contribution >= 4 is 43.0 Å². The van der Waals surface area contributed by atoms with Gasteiger partial charge in [-0.05, 0) is 123 Å². The van der Waals surface area contributed by atoms with Crippen LogP contribution in [0.4, 0.5) is 5.69 Å². The number of rotatable bonds is 6. The summed E-state index contributed by atoms with van der Waals surface area (Å²) in [5.41, 5.74) is 13.2. The van der Waals surface area contributed by atoms with E-state index in [0.29, 0.717) is 9.79 Å². The molecule has 2 heterocycles. The fourth-order valence-corrected chi connectivity index (χ4v) is 8.82. The molecule has 11 aromatic carbocycles. The number of ketones is 1. The van der Waals surface area contributed by atoms with Crippen LogP contribution in [-0.4, -0.2) is 24.2 Å². The number of anilines is 1. The first kappa shape index (κ1) is 112. The standard InChI is InChI=1S/C15H14O.C14H14O2S.C12H10O.C10H8.C9H7N.C6H7N.C6H6.C5H5N.12C2H6/c1-11-3-7-13(8-4-11)15(16)14-9-5-12(2)6-10-14;1-11-3-7-13(8-4-11)17(15,16)14-9-5-12(2)6-10-14;1-3-7-11(8-4-1)13-12-9-5-2-6-10-12;1-2-6-10-8-4-3-7-9(10)5-1;1-2-6-9-8(4-1)5-3-7-10-9;7-6-4-2-1-3-5-6;2*1-2-4-6-5-3-1;12*1-2/h3-10H,1-2H3;3-10H,1-2H3;1-10H;1-8H;1-7H;1-5H,7H2;1-6H;1-5H;12*1-2H3. The average Bonchev–Trinajstić information content (AvgIpc) is 0.807. The molecule has 8 heteroatoms. The third kappa shape index (κ3) is 56.4. The molecule has 7 nitrogen and oxygen atoms in total. The van der Waals surface area contributed by atoms with Gasteiger partial charge in [0.2, 0.25) is 9.84 Å². The number of nitrogens with two attached hydrogens (primary N) is 1. The molecule has 0 saturated heterocycles. The van der Waals surface area contributed by atoms with Crippen LogP contribution in [-0.2, 0) is 9.84 Å². The van der Waals surface area contributed by atoms with E-state index in [2.05, 4.69) is 70.6 Å². The van der Waals surface area contributed by atoms with E-state index in [1.54, 1.807) is 60.9 Å². The zero-order valence-corrected chi connectivity index (χ0v) is 73.2. The number of fused-ring (bicyclic) bond motifs is 2. The highest BCUT2D eigenvalue weighted by Crippen LogP contribution is 2.22. The first-order valence-electron chi connectivity index (χ1n) is 39.7. The largest absolute Gasteiger partial charge is 0.457 e. The van der Waals surface area contributed by atoms with E-state index in [-0.39, 0.29) is 5.78 Å². The summed E-state index contributed by atoms with van der Waals surface area (Å²) in [5.74, 6) is 1.82. The minimum absolute atomic E-state index is 0.0833. The van der Waals surface area contributed by atoms with Gasteiger partial charge in [0.05, 0.1) is 15.3 Å². The monoisotopic (exact) mass is 1490 g/mol. The molecule has 0 aliphatic rings. The number of pyridine rings is 2. The van der Waals surface area contributed by atoms with Crippen LogP contribution >= 0.6 is 0 Å². The van der Waals surface area contributed by atoms with E-state index >= 15 is 0 Å². The quantitative estimate of drug-likeness (QED) is 0.130. The first-order chi connectivity index (χ1) is 53.4. The molecule has 0 atom stereocenters. The topological polar surface area (TPSA) is 112 Å². The molecule has 0 radical (unpaired) electrons. The van der Waals surface area contributed by atoms with Crippen molar-refractivity contribution in [3.63, 3.8) is 0 Å². The van der Waals surface area contributed by atoms with E-state index in [1.807, 2.05) is 418 Å². The summed E-state index contributed by atoms with van der Waals surface area (Å²) in [7, 11) is -3.37. The maximum atomic E-state index is 12.3. The van der Waals surface area contributed by atoms with Crippen molar-refractivity contribution in [2.45, 2.75) is 204 Å². The van der Waals surface area contributed by atoms with Crippen LogP contribution < -0.4 is 10.5 Å².